The van der Waals surface area contributed by atoms with Gasteiger partial charge in [-0.2, -0.15) is 0 Å². The Morgan fingerprint density at radius 1 is 1.09 bits per heavy atom. The van der Waals surface area contributed by atoms with Crippen LogP contribution in [0, 0.1) is 5.92 Å². The standard InChI is InChI=1S/C35H40FN3O5Si/c1-5-18-38-30-17-16-28(39(24-41)27-14-10-7-11-15-27)21-29(30)35(34(38)43)25(2)33(45(3,4)36)31(44-35)22-32(42)37(19-20-40)23-26-12-8-6-9-13-26/h5-17,21,24-25,31,33,40H,1,18-20,22-23H2,2-4H3/t25-,31+,33-,35+/m0/s1. The summed E-state index contributed by atoms with van der Waals surface area (Å²) in [5, 5.41) is 9.75. The van der Waals surface area contributed by atoms with Gasteiger partial charge in [-0.1, -0.05) is 61.5 Å². The largest absolute Gasteiger partial charge is 0.395 e. The number of nitrogens with zero attached hydrogens (tertiary/aromatic N) is 3. The van der Waals surface area contributed by atoms with Gasteiger partial charge >= 0.3 is 0 Å². The number of hydrogen-bond acceptors (Lipinski definition) is 5. The first-order valence-electron chi connectivity index (χ1n) is 15.2. The quantitative estimate of drug-likeness (QED) is 0.120. The fraction of sp³-hybridized carbons (Fsp3) is 0.343. The molecule has 1 N–H and O–H groups in total. The molecular weight excluding hydrogens is 589 g/mol. The third-order valence-corrected chi connectivity index (χ3v) is 11.4. The Morgan fingerprint density at radius 3 is 2.36 bits per heavy atom. The van der Waals surface area contributed by atoms with Gasteiger partial charge in [-0.3, -0.25) is 19.3 Å². The SMILES string of the molecule is C=CCN1C(=O)[C@]2(O[C@H](CC(=O)N(CCO)Cc3ccccc3)[C@@H]([Si](C)(C)F)[C@@H]2C)c2cc(N(C=O)c3ccccc3)ccc21. The first-order chi connectivity index (χ1) is 21.6. The van der Waals surface area contributed by atoms with E-state index >= 15 is 4.11 Å². The van der Waals surface area contributed by atoms with Crippen molar-refractivity contribution in [3.8, 4) is 0 Å². The minimum absolute atomic E-state index is 0.113. The number of aliphatic hydroxyl groups is 1. The van der Waals surface area contributed by atoms with E-state index in [1.54, 1.807) is 47.2 Å². The van der Waals surface area contributed by atoms with Crippen LogP contribution >= 0.6 is 0 Å². The van der Waals surface area contributed by atoms with Crippen LogP contribution in [0.15, 0.2) is 91.5 Å². The zero-order chi connectivity index (χ0) is 32.4. The Bertz CT molecular complexity index is 1550. The smallest absolute Gasteiger partial charge is 0.264 e. The summed E-state index contributed by atoms with van der Waals surface area (Å²) in [7, 11) is -3.53. The molecule has 5 rings (SSSR count). The van der Waals surface area contributed by atoms with Gasteiger partial charge in [0.15, 0.2) is 5.60 Å². The van der Waals surface area contributed by atoms with Crippen LogP contribution in [0.5, 0.6) is 0 Å². The Morgan fingerprint density at radius 2 is 1.76 bits per heavy atom. The second kappa shape index (κ2) is 13.1. The number of halogens is 1. The van der Waals surface area contributed by atoms with Crippen molar-refractivity contribution in [1.82, 2.24) is 4.90 Å². The second-order valence-corrected chi connectivity index (χ2v) is 16.0. The van der Waals surface area contributed by atoms with Crippen molar-refractivity contribution in [3.63, 3.8) is 0 Å². The lowest BCUT2D eigenvalue weighted by molar-refractivity contribution is -0.149. The number of amides is 3. The number of carbonyl (C=O) groups excluding carboxylic acids is 3. The summed E-state index contributed by atoms with van der Waals surface area (Å²) in [6, 6.07) is 23.9. The van der Waals surface area contributed by atoms with Gasteiger partial charge in [0.25, 0.3) is 5.91 Å². The second-order valence-electron chi connectivity index (χ2n) is 12.2. The third-order valence-electron chi connectivity index (χ3n) is 8.99. The van der Waals surface area contributed by atoms with E-state index in [4.69, 9.17) is 4.74 Å². The molecule has 0 radical (unpaired) electrons. The summed E-state index contributed by atoms with van der Waals surface area (Å²) in [5.41, 5.74) is 0.973. The van der Waals surface area contributed by atoms with E-state index in [1.807, 2.05) is 67.6 Å². The highest BCUT2D eigenvalue weighted by atomic mass is 28.4. The molecule has 0 bridgehead atoms. The maximum atomic E-state index is 16.3. The van der Waals surface area contributed by atoms with Crippen LogP contribution in [0.2, 0.25) is 18.6 Å². The molecule has 2 aliphatic heterocycles. The molecule has 0 saturated carbocycles. The van der Waals surface area contributed by atoms with Crippen LogP contribution < -0.4 is 9.80 Å². The zero-order valence-electron chi connectivity index (χ0n) is 25.9. The number of fused-ring (bicyclic) bond motifs is 2. The molecule has 1 fully saturated rings. The molecule has 2 heterocycles. The molecule has 3 amide bonds. The Labute approximate surface area is 264 Å². The van der Waals surface area contributed by atoms with E-state index in [9.17, 15) is 19.5 Å². The molecule has 1 spiro atoms. The normalized spacial score (nSPS) is 22.4. The van der Waals surface area contributed by atoms with Gasteiger partial charge < -0.3 is 23.8 Å². The van der Waals surface area contributed by atoms with Gasteiger partial charge in [-0.05, 0) is 49.0 Å². The van der Waals surface area contributed by atoms with E-state index < -0.39 is 31.6 Å². The molecule has 3 aromatic rings. The van der Waals surface area contributed by atoms with Crippen molar-refractivity contribution in [2.75, 3.05) is 29.5 Å². The fourth-order valence-corrected chi connectivity index (χ4v) is 9.57. The van der Waals surface area contributed by atoms with Gasteiger partial charge in [-0.15, -0.1) is 6.58 Å². The van der Waals surface area contributed by atoms with Gasteiger partial charge in [-0.25, -0.2) is 0 Å². The molecular formula is C35H40FN3O5Si. The minimum atomic E-state index is -3.53. The van der Waals surface area contributed by atoms with Crippen molar-refractivity contribution < 1.29 is 28.3 Å². The van der Waals surface area contributed by atoms with E-state index in [0.29, 0.717) is 29.0 Å². The Kier molecular flexibility index (Phi) is 9.38. The monoisotopic (exact) mass is 629 g/mol. The average Bonchev–Trinajstić information content (AvgIpc) is 3.44. The lowest BCUT2D eigenvalue weighted by Gasteiger charge is -2.31. The number of rotatable bonds is 12. The number of aliphatic hydroxyl groups excluding tert-OH is 1. The number of para-hydroxylation sites is 1. The fourth-order valence-electron chi connectivity index (χ4n) is 7.07. The van der Waals surface area contributed by atoms with Crippen LogP contribution in [0.25, 0.3) is 0 Å². The molecule has 10 heteroatoms. The molecule has 8 nitrogen and oxygen atoms in total. The number of ether oxygens (including phenoxy) is 1. The van der Waals surface area contributed by atoms with E-state index in [-0.39, 0.29) is 44.5 Å². The maximum Gasteiger partial charge on any atom is 0.264 e. The Hall–Kier alpha value is -4.12. The lowest BCUT2D eigenvalue weighted by atomic mass is 9.82. The highest BCUT2D eigenvalue weighted by Gasteiger charge is 2.67. The van der Waals surface area contributed by atoms with Gasteiger partial charge in [0.05, 0.1) is 24.8 Å². The van der Waals surface area contributed by atoms with Crippen molar-refractivity contribution in [3.05, 3.63) is 103 Å². The number of carbonyl (C=O) groups is 3. The van der Waals surface area contributed by atoms with Gasteiger partial charge in [0, 0.05) is 48.0 Å². The maximum absolute atomic E-state index is 16.3. The highest BCUT2D eigenvalue weighted by Crippen LogP contribution is 2.60. The summed E-state index contributed by atoms with van der Waals surface area (Å²) < 4.78 is 23.1. The van der Waals surface area contributed by atoms with E-state index in [2.05, 4.69) is 6.58 Å². The molecule has 236 valence electrons. The molecule has 1 saturated heterocycles. The first kappa shape index (κ1) is 32.3. The summed E-state index contributed by atoms with van der Waals surface area (Å²) >= 11 is 0. The van der Waals surface area contributed by atoms with Crippen molar-refractivity contribution in [2.45, 2.75) is 50.2 Å². The van der Waals surface area contributed by atoms with Crippen molar-refractivity contribution in [1.29, 1.82) is 0 Å². The van der Waals surface area contributed by atoms with E-state index in [1.165, 1.54) is 4.90 Å². The Balaban J connectivity index is 1.56. The predicted molar refractivity (Wildman–Crippen MR) is 175 cm³/mol. The highest BCUT2D eigenvalue weighted by molar-refractivity contribution is 6.72. The van der Waals surface area contributed by atoms with Crippen LogP contribution in [0.3, 0.4) is 0 Å². The molecule has 2 aliphatic rings. The van der Waals surface area contributed by atoms with E-state index in [0.717, 1.165) is 5.56 Å². The predicted octanol–water partition coefficient (Wildman–Crippen LogP) is 5.70. The van der Waals surface area contributed by atoms with Crippen molar-refractivity contribution >= 4 is 43.7 Å². The summed E-state index contributed by atoms with van der Waals surface area (Å²) in [5.74, 6) is -1.24. The van der Waals surface area contributed by atoms with Crippen molar-refractivity contribution in [2.24, 2.45) is 5.92 Å². The molecule has 4 atom stereocenters. The number of hydrogen-bond donors (Lipinski definition) is 1. The van der Waals surface area contributed by atoms with Crippen LogP contribution in [-0.4, -0.2) is 62.4 Å². The molecule has 0 aliphatic carbocycles. The summed E-state index contributed by atoms with van der Waals surface area (Å²) in [4.78, 5) is 45.1. The van der Waals surface area contributed by atoms with Crippen LogP contribution in [-0.2, 0) is 31.3 Å². The minimum Gasteiger partial charge on any atom is -0.395 e. The number of benzene rings is 3. The zero-order valence-corrected chi connectivity index (χ0v) is 26.9. The summed E-state index contributed by atoms with van der Waals surface area (Å²) in [6.07, 6.45) is 1.32. The van der Waals surface area contributed by atoms with Gasteiger partial charge in [0.1, 0.15) is 0 Å². The third kappa shape index (κ3) is 5.97. The van der Waals surface area contributed by atoms with Crippen LogP contribution in [0.4, 0.5) is 21.2 Å². The van der Waals surface area contributed by atoms with Crippen LogP contribution in [0.1, 0.15) is 24.5 Å². The topological polar surface area (TPSA) is 90.4 Å². The first-order valence-corrected chi connectivity index (χ1v) is 18.2. The molecule has 0 unspecified atom stereocenters. The lowest BCUT2D eigenvalue weighted by Crippen LogP contribution is -2.45. The average molecular weight is 630 g/mol. The summed E-state index contributed by atoms with van der Waals surface area (Å²) in [6.45, 7) is 9.23. The van der Waals surface area contributed by atoms with Gasteiger partial charge in [0.2, 0.25) is 20.7 Å². The molecule has 45 heavy (non-hydrogen) atoms. The molecule has 3 aromatic carbocycles. The number of anilines is 3. The molecule has 0 aromatic heterocycles.